The molecule has 0 radical (unpaired) electrons. The van der Waals surface area contributed by atoms with Gasteiger partial charge < -0.3 is 4.57 Å². The van der Waals surface area contributed by atoms with Crippen LogP contribution in [-0.4, -0.2) is 9.55 Å². The Hall–Kier alpha value is -2.60. The van der Waals surface area contributed by atoms with Crippen LogP contribution in [0, 0.1) is 11.3 Å². The molecule has 23 heavy (non-hydrogen) atoms. The van der Waals surface area contributed by atoms with Gasteiger partial charge in [0.2, 0.25) is 0 Å². The Balaban J connectivity index is 2.17. The first-order valence-electron chi connectivity index (χ1n) is 7.95. The molecule has 116 valence electrons. The van der Waals surface area contributed by atoms with Crippen LogP contribution in [0.15, 0.2) is 42.7 Å². The van der Waals surface area contributed by atoms with Gasteiger partial charge in [0.25, 0.3) is 0 Å². The molecule has 1 aromatic carbocycles. The highest BCUT2D eigenvalue weighted by atomic mass is 15.1. The maximum Gasteiger partial charge on any atom is 0.141 e. The van der Waals surface area contributed by atoms with Crippen molar-refractivity contribution in [3.8, 4) is 17.2 Å². The SMILES string of the molecule is CCc1ccc(-c2cnc3c(c2)c(C#N)cn3C(C)(C)C)cc1. The third-order valence-corrected chi connectivity index (χ3v) is 4.18. The lowest BCUT2D eigenvalue weighted by atomic mass is 10.0. The van der Waals surface area contributed by atoms with E-state index in [0.29, 0.717) is 5.56 Å². The number of nitrogens with zero attached hydrogens (tertiary/aromatic N) is 3. The molecular formula is C20H21N3. The van der Waals surface area contributed by atoms with E-state index >= 15 is 0 Å². The number of hydrogen-bond acceptors (Lipinski definition) is 2. The maximum atomic E-state index is 9.45. The van der Waals surface area contributed by atoms with Gasteiger partial charge in [-0.15, -0.1) is 0 Å². The van der Waals surface area contributed by atoms with Gasteiger partial charge in [0.1, 0.15) is 11.7 Å². The number of pyridine rings is 1. The number of aromatic nitrogens is 2. The van der Waals surface area contributed by atoms with Gasteiger partial charge >= 0.3 is 0 Å². The predicted octanol–water partition coefficient (Wildman–Crippen LogP) is 4.89. The van der Waals surface area contributed by atoms with Crippen molar-refractivity contribution in [3.63, 3.8) is 0 Å². The Morgan fingerprint density at radius 3 is 2.39 bits per heavy atom. The van der Waals surface area contributed by atoms with Crippen LogP contribution in [0.3, 0.4) is 0 Å². The highest BCUT2D eigenvalue weighted by molar-refractivity contribution is 5.87. The molecule has 0 spiro atoms. The summed E-state index contributed by atoms with van der Waals surface area (Å²) >= 11 is 0. The molecule has 3 aromatic rings. The first kappa shape index (κ1) is 15.3. The molecule has 2 aromatic heterocycles. The zero-order chi connectivity index (χ0) is 16.6. The van der Waals surface area contributed by atoms with Gasteiger partial charge in [0, 0.05) is 28.9 Å². The number of rotatable bonds is 2. The fraction of sp³-hybridized carbons (Fsp3) is 0.300. The summed E-state index contributed by atoms with van der Waals surface area (Å²) in [4.78, 5) is 4.65. The van der Waals surface area contributed by atoms with Crippen molar-refractivity contribution in [2.45, 2.75) is 39.7 Å². The molecule has 0 aliphatic heterocycles. The summed E-state index contributed by atoms with van der Waals surface area (Å²) < 4.78 is 2.07. The molecule has 3 heteroatoms. The van der Waals surface area contributed by atoms with Gasteiger partial charge in [-0.2, -0.15) is 5.26 Å². The van der Waals surface area contributed by atoms with Gasteiger partial charge in [-0.3, -0.25) is 0 Å². The number of fused-ring (bicyclic) bond motifs is 1. The number of nitriles is 1. The first-order valence-corrected chi connectivity index (χ1v) is 7.95. The van der Waals surface area contributed by atoms with E-state index in [-0.39, 0.29) is 5.54 Å². The largest absolute Gasteiger partial charge is 0.326 e. The summed E-state index contributed by atoms with van der Waals surface area (Å²) in [5.74, 6) is 0. The van der Waals surface area contributed by atoms with Crippen molar-refractivity contribution in [3.05, 3.63) is 53.9 Å². The van der Waals surface area contributed by atoms with Crippen molar-refractivity contribution >= 4 is 11.0 Å². The Labute approximate surface area is 137 Å². The van der Waals surface area contributed by atoms with Gasteiger partial charge in [-0.1, -0.05) is 31.2 Å². The van der Waals surface area contributed by atoms with E-state index in [1.807, 2.05) is 12.4 Å². The van der Waals surface area contributed by atoms with Crippen molar-refractivity contribution < 1.29 is 0 Å². The van der Waals surface area contributed by atoms with Crippen LogP contribution in [-0.2, 0) is 12.0 Å². The van der Waals surface area contributed by atoms with Gasteiger partial charge in [0.15, 0.2) is 0 Å². The molecule has 0 fully saturated rings. The van der Waals surface area contributed by atoms with E-state index in [1.54, 1.807) is 0 Å². The minimum atomic E-state index is -0.107. The molecule has 0 saturated carbocycles. The summed E-state index contributed by atoms with van der Waals surface area (Å²) in [5, 5.41) is 10.4. The minimum absolute atomic E-state index is 0.107. The zero-order valence-electron chi connectivity index (χ0n) is 14.1. The van der Waals surface area contributed by atoms with Crippen molar-refractivity contribution in [2.75, 3.05) is 0 Å². The second-order valence-corrected chi connectivity index (χ2v) is 6.84. The van der Waals surface area contributed by atoms with Gasteiger partial charge in [-0.05, 0) is 44.4 Å². The lowest BCUT2D eigenvalue weighted by Crippen LogP contribution is -2.20. The quantitative estimate of drug-likeness (QED) is 0.676. The molecule has 3 nitrogen and oxygen atoms in total. The van der Waals surface area contributed by atoms with Crippen LogP contribution in [0.25, 0.3) is 22.2 Å². The van der Waals surface area contributed by atoms with Crippen LogP contribution in [0.4, 0.5) is 0 Å². The van der Waals surface area contributed by atoms with E-state index in [1.165, 1.54) is 5.56 Å². The molecule has 0 aliphatic carbocycles. The number of hydrogen-bond donors (Lipinski definition) is 0. The zero-order valence-corrected chi connectivity index (χ0v) is 14.1. The topological polar surface area (TPSA) is 41.6 Å². The standard InChI is InChI=1S/C20H21N3/c1-5-14-6-8-15(9-7-14)16-10-18-17(11-21)13-23(20(2,3)4)19(18)22-12-16/h6-10,12-13H,5H2,1-4H3. The maximum absolute atomic E-state index is 9.45. The van der Waals surface area contributed by atoms with Gasteiger partial charge in [0.05, 0.1) is 5.56 Å². The van der Waals surface area contributed by atoms with E-state index in [9.17, 15) is 5.26 Å². The van der Waals surface area contributed by atoms with Crippen molar-refractivity contribution in [2.24, 2.45) is 0 Å². The van der Waals surface area contributed by atoms with Crippen LogP contribution in [0.2, 0.25) is 0 Å². The second kappa shape index (κ2) is 5.55. The molecule has 0 saturated heterocycles. The summed E-state index contributed by atoms with van der Waals surface area (Å²) in [6.45, 7) is 8.50. The number of aryl methyl sites for hydroxylation is 1. The summed E-state index contributed by atoms with van der Waals surface area (Å²) in [6, 6.07) is 12.9. The van der Waals surface area contributed by atoms with Crippen LogP contribution >= 0.6 is 0 Å². The molecule has 3 rings (SSSR count). The molecule has 0 atom stereocenters. The Morgan fingerprint density at radius 1 is 1.13 bits per heavy atom. The normalized spacial score (nSPS) is 11.6. The molecular weight excluding hydrogens is 282 g/mol. The van der Waals surface area contributed by atoms with E-state index in [2.05, 4.69) is 73.6 Å². The molecule has 0 amide bonds. The lowest BCUT2D eigenvalue weighted by Gasteiger charge is -2.21. The lowest BCUT2D eigenvalue weighted by molar-refractivity contribution is 0.408. The molecule has 0 bridgehead atoms. The fourth-order valence-corrected chi connectivity index (χ4v) is 2.80. The highest BCUT2D eigenvalue weighted by Gasteiger charge is 2.19. The van der Waals surface area contributed by atoms with Gasteiger partial charge in [-0.25, -0.2) is 4.98 Å². The minimum Gasteiger partial charge on any atom is -0.326 e. The third-order valence-electron chi connectivity index (χ3n) is 4.18. The average Bonchev–Trinajstić information content (AvgIpc) is 2.93. The van der Waals surface area contributed by atoms with E-state index in [0.717, 1.165) is 28.6 Å². The molecule has 0 aliphatic rings. The Morgan fingerprint density at radius 2 is 1.83 bits per heavy atom. The molecule has 0 N–H and O–H groups in total. The molecule has 0 unspecified atom stereocenters. The average molecular weight is 303 g/mol. The number of benzene rings is 1. The summed E-state index contributed by atoms with van der Waals surface area (Å²) in [7, 11) is 0. The molecule has 2 heterocycles. The van der Waals surface area contributed by atoms with E-state index in [4.69, 9.17) is 0 Å². The van der Waals surface area contributed by atoms with Crippen molar-refractivity contribution in [1.29, 1.82) is 5.26 Å². The Bertz CT molecular complexity index is 888. The first-order chi connectivity index (χ1) is 10.9. The summed E-state index contributed by atoms with van der Waals surface area (Å²) in [5.41, 5.74) is 4.93. The monoisotopic (exact) mass is 303 g/mol. The van der Waals surface area contributed by atoms with Crippen LogP contribution in [0.1, 0.15) is 38.8 Å². The highest BCUT2D eigenvalue weighted by Crippen LogP contribution is 2.29. The van der Waals surface area contributed by atoms with Crippen molar-refractivity contribution in [1.82, 2.24) is 9.55 Å². The summed E-state index contributed by atoms with van der Waals surface area (Å²) in [6.07, 6.45) is 4.83. The predicted molar refractivity (Wildman–Crippen MR) is 94.3 cm³/mol. The van der Waals surface area contributed by atoms with Crippen LogP contribution < -0.4 is 0 Å². The second-order valence-electron chi connectivity index (χ2n) is 6.84. The smallest absolute Gasteiger partial charge is 0.141 e. The van der Waals surface area contributed by atoms with Crippen LogP contribution in [0.5, 0.6) is 0 Å². The Kier molecular flexibility index (Phi) is 3.69. The van der Waals surface area contributed by atoms with E-state index < -0.39 is 0 Å². The third kappa shape index (κ3) is 2.73. The fourth-order valence-electron chi connectivity index (χ4n) is 2.80.